The average Bonchev–Trinajstić information content (AvgIpc) is 3.25. The number of sulfonamides is 1. The van der Waals surface area contributed by atoms with E-state index in [1.54, 1.807) is 0 Å². The van der Waals surface area contributed by atoms with Crippen LogP contribution in [-0.4, -0.2) is 34.7 Å². The fourth-order valence-corrected chi connectivity index (χ4v) is 4.18. The minimum atomic E-state index is -3.90. The zero-order valence-electron chi connectivity index (χ0n) is 12.1. The minimum Gasteiger partial charge on any atom is -0.337 e. The van der Waals surface area contributed by atoms with Crippen LogP contribution >= 0.6 is 22.7 Å². The molecule has 0 saturated carbocycles. The largest absolute Gasteiger partial charge is 0.337 e. The second-order valence-corrected chi connectivity index (χ2v) is 8.23. The number of rotatable bonds is 6. The van der Waals surface area contributed by atoms with Gasteiger partial charge in [-0.2, -0.15) is 9.71 Å². The first-order chi connectivity index (χ1) is 11.4. The Balaban J connectivity index is 1.67. The van der Waals surface area contributed by atoms with E-state index in [2.05, 4.69) is 30.4 Å². The van der Waals surface area contributed by atoms with E-state index in [9.17, 15) is 13.2 Å². The summed E-state index contributed by atoms with van der Waals surface area (Å²) in [7, 11) is -3.90. The monoisotopic (exact) mass is 386 g/mol. The van der Waals surface area contributed by atoms with E-state index in [1.165, 1.54) is 18.3 Å². The summed E-state index contributed by atoms with van der Waals surface area (Å²) in [4.78, 5) is 15.8. The molecule has 10 nitrogen and oxygen atoms in total. The van der Waals surface area contributed by atoms with Crippen molar-refractivity contribution in [3.63, 3.8) is 0 Å². The van der Waals surface area contributed by atoms with Gasteiger partial charge < -0.3 is 9.84 Å². The Kier molecular flexibility index (Phi) is 4.66. The number of hydrogen-bond donors (Lipinski definition) is 2. The molecule has 0 spiro atoms. The van der Waals surface area contributed by atoms with Crippen molar-refractivity contribution >= 4 is 43.7 Å². The van der Waals surface area contributed by atoms with Gasteiger partial charge in [-0.15, -0.1) is 21.5 Å². The van der Waals surface area contributed by atoms with Crippen LogP contribution in [0.15, 0.2) is 26.4 Å². The standard InChI is InChI=1S/C11H10N6O4S3/c1-6(18)13-10-15-16-11(23-10)24(19,20)12-5-8-14-9(17-21-8)7-3-2-4-22-7/h2-4,12H,5H2,1H3,(H,13,15,18). The lowest BCUT2D eigenvalue weighted by molar-refractivity contribution is -0.114. The fourth-order valence-electron chi connectivity index (χ4n) is 1.57. The Morgan fingerprint density at radius 2 is 2.21 bits per heavy atom. The molecule has 0 aromatic carbocycles. The maximum Gasteiger partial charge on any atom is 0.270 e. The Hall–Kier alpha value is -2.22. The maximum atomic E-state index is 12.1. The number of amides is 1. The summed E-state index contributed by atoms with van der Waals surface area (Å²) in [5.74, 6) is 0.145. The summed E-state index contributed by atoms with van der Waals surface area (Å²) in [6.45, 7) is 1.10. The van der Waals surface area contributed by atoms with Gasteiger partial charge in [0.25, 0.3) is 10.0 Å². The molecule has 3 aromatic heterocycles. The van der Waals surface area contributed by atoms with E-state index < -0.39 is 10.0 Å². The highest BCUT2D eigenvalue weighted by molar-refractivity contribution is 7.91. The number of thiophene rings is 1. The normalized spacial score (nSPS) is 11.5. The predicted molar refractivity (Wildman–Crippen MR) is 85.8 cm³/mol. The quantitative estimate of drug-likeness (QED) is 0.600. The highest BCUT2D eigenvalue weighted by atomic mass is 32.2. The van der Waals surface area contributed by atoms with Crippen LogP contribution in [0.5, 0.6) is 0 Å². The molecule has 0 bridgehead atoms. The van der Waals surface area contributed by atoms with Crippen molar-refractivity contribution in [3.8, 4) is 10.7 Å². The predicted octanol–water partition coefficient (Wildman–Crippen LogP) is 1.09. The number of aromatic nitrogens is 4. The van der Waals surface area contributed by atoms with E-state index in [4.69, 9.17) is 4.52 Å². The molecule has 0 radical (unpaired) electrons. The molecule has 0 atom stereocenters. The average molecular weight is 386 g/mol. The van der Waals surface area contributed by atoms with Crippen LogP contribution in [0.3, 0.4) is 0 Å². The molecular weight excluding hydrogens is 376 g/mol. The number of nitrogens with one attached hydrogen (secondary N) is 2. The second kappa shape index (κ2) is 6.72. The molecule has 0 saturated heterocycles. The first-order valence-electron chi connectivity index (χ1n) is 6.41. The SMILES string of the molecule is CC(=O)Nc1nnc(S(=O)(=O)NCc2nc(-c3cccs3)no2)s1. The van der Waals surface area contributed by atoms with Crippen LogP contribution in [0.25, 0.3) is 10.7 Å². The molecule has 0 aliphatic carbocycles. The van der Waals surface area contributed by atoms with Crippen molar-refractivity contribution in [2.75, 3.05) is 5.32 Å². The van der Waals surface area contributed by atoms with Gasteiger partial charge in [-0.3, -0.25) is 4.79 Å². The van der Waals surface area contributed by atoms with Crippen LogP contribution in [0.2, 0.25) is 0 Å². The van der Waals surface area contributed by atoms with E-state index >= 15 is 0 Å². The molecule has 3 rings (SSSR count). The van der Waals surface area contributed by atoms with Gasteiger partial charge in [0.1, 0.15) is 0 Å². The molecule has 0 unspecified atom stereocenters. The van der Waals surface area contributed by atoms with Gasteiger partial charge in [-0.05, 0) is 11.4 Å². The minimum absolute atomic E-state index is 0.0978. The summed E-state index contributed by atoms with van der Waals surface area (Å²) in [5.41, 5.74) is 0. The van der Waals surface area contributed by atoms with Crippen LogP contribution in [0, 0.1) is 0 Å². The number of anilines is 1. The molecule has 0 aliphatic rings. The summed E-state index contributed by atoms with van der Waals surface area (Å²) in [6.07, 6.45) is 0. The number of nitrogens with zero attached hydrogens (tertiary/aromatic N) is 4. The topological polar surface area (TPSA) is 140 Å². The highest BCUT2D eigenvalue weighted by Gasteiger charge is 2.21. The third-order valence-corrected chi connectivity index (χ3v) is 6.02. The molecule has 3 aromatic rings. The zero-order valence-corrected chi connectivity index (χ0v) is 14.5. The summed E-state index contributed by atoms with van der Waals surface area (Å²) < 4.78 is 31.3. The van der Waals surface area contributed by atoms with Crippen molar-refractivity contribution in [3.05, 3.63) is 23.4 Å². The summed E-state index contributed by atoms with van der Waals surface area (Å²) in [6, 6.07) is 3.68. The smallest absolute Gasteiger partial charge is 0.270 e. The van der Waals surface area contributed by atoms with Crippen LogP contribution in [-0.2, 0) is 21.4 Å². The Morgan fingerprint density at radius 3 is 2.92 bits per heavy atom. The molecule has 13 heteroatoms. The Labute approximate surface area is 144 Å². The van der Waals surface area contributed by atoms with Gasteiger partial charge in [-0.25, -0.2) is 8.42 Å². The van der Waals surface area contributed by atoms with E-state index in [0.29, 0.717) is 5.82 Å². The van der Waals surface area contributed by atoms with Crippen LogP contribution < -0.4 is 10.0 Å². The second-order valence-electron chi connectivity index (χ2n) is 4.37. The molecule has 2 N–H and O–H groups in total. The lowest BCUT2D eigenvalue weighted by Gasteiger charge is -1.99. The lowest BCUT2D eigenvalue weighted by Crippen LogP contribution is -2.23. The molecular formula is C11H10N6O4S3. The van der Waals surface area contributed by atoms with E-state index in [-0.39, 0.29) is 27.8 Å². The Bertz CT molecular complexity index is 946. The van der Waals surface area contributed by atoms with Crippen LogP contribution in [0.1, 0.15) is 12.8 Å². The molecule has 0 fully saturated rings. The van der Waals surface area contributed by atoms with E-state index in [0.717, 1.165) is 16.2 Å². The number of hydrogen-bond acceptors (Lipinski definition) is 10. The first kappa shape index (κ1) is 16.6. The van der Waals surface area contributed by atoms with Crippen LogP contribution in [0.4, 0.5) is 5.13 Å². The Morgan fingerprint density at radius 1 is 1.38 bits per heavy atom. The molecule has 1 amide bonds. The highest BCUT2D eigenvalue weighted by Crippen LogP contribution is 2.22. The van der Waals surface area contributed by atoms with Gasteiger partial charge in [-0.1, -0.05) is 22.6 Å². The van der Waals surface area contributed by atoms with E-state index in [1.807, 2.05) is 17.5 Å². The fraction of sp³-hybridized carbons (Fsp3) is 0.182. The molecule has 0 aliphatic heterocycles. The van der Waals surface area contributed by atoms with Crippen molar-refractivity contribution in [2.45, 2.75) is 17.8 Å². The molecule has 3 heterocycles. The zero-order chi connectivity index (χ0) is 17.2. The third kappa shape index (κ3) is 3.81. The number of carbonyl (C=O) groups excluding carboxylic acids is 1. The molecule has 126 valence electrons. The third-order valence-electron chi connectivity index (χ3n) is 2.54. The van der Waals surface area contributed by atoms with Crippen molar-refractivity contribution in [1.82, 2.24) is 25.1 Å². The van der Waals surface area contributed by atoms with Crippen molar-refractivity contribution in [2.24, 2.45) is 0 Å². The number of carbonyl (C=O) groups is 1. The van der Waals surface area contributed by atoms with Gasteiger partial charge >= 0.3 is 0 Å². The lowest BCUT2D eigenvalue weighted by atomic mass is 10.4. The maximum absolute atomic E-state index is 12.1. The van der Waals surface area contributed by atoms with Gasteiger partial charge in [0.2, 0.25) is 27.1 Å². The van der Waals surface area contributed by atoms with Gasteiger partial charge in [0.05, 0.1) is 11.4 Å². The summed E-state index contributed by atoms with van der Waals surface area (Å²) in [5, 5.41) is 15.2. The van der Waals surface area contributed by atoms with Crippen molar-refractivity contribution in [1.29, 1.82) is 0 Å². The first-order valence-corrected chi connectivity index (χ1v) is 9.59. The van der Waals surface area contributed by atoms with Gasteiger partial charge in [0, 0.05) is 6.92 Å². The summed E-state index contributed by atoms with van der Waals surface area (Å²) >= 11 is 2.18. The van der Waals surface area contributed by atoms with Gasteiger partial charge in [0.15, 0.2) is 0 Å². The molecule has 24 heavy (non-hydrogen) atoms. The van der Waals surface area contributed by atoms with Crippen molar-refractivity contribution < 1.29 is 17.7 Å².